The summed E-state index contributed by atoms with van der Waals surface area (Å²) in [6.07, 6.45) is 3.70. The van der Waals surface area contributed by atoms with Crippen molar-refractivity contribution in [1.29, 1.82) is 0 Å². The summed E-state index contributed by atoms with van der Waals surface area (Å²) < 4.78 is 15.9. The van der Waals surface area contributed by atoms with Crippen molar-refractivity contribution >= 4 is 0 Å². The number of rotatable bonds is 4. The van der Waals surface area contributed by atoms with Gasteiger partial charge in [-0.1, -0.05) is 6.08 Å². The van der Waals surface area contributed by atoms with Gasteiger partial charge in [0.15, 0.2) is 0 Å². The third-order valence-corrected chi connectivity index (χ3v) is 1.39. The number of ether oxygens (including phenoxy) is 3. The van der Waals surface area contributed by atoms with E-state index in [1.165, 1.54) is 0 Å². The SMILES string of the molecule is CCOC1(OCC)C=CCO1. The van der Waals surface area contributed by atoms with Crippen LogP contribution >= 0.6 is 0 Å². The Kier molecular flexibility index (Phi) is 3.05. The predicted octanol–water partition coefficient (Wildman–Crippen LogP) is 1.30. The highest BCUT2D eigenvalue weighted by atomic mass is 16.9. The molecule has 1 aliphatic heterocycles. The second kappa shape index (κ2) is 3.85. The fourth-order valence-corrected chi connectivity index (χ4v) is 1.03. The Morgan fingerprint density at radius 2 is 2.00 bits per heavy atom. The highest BCUT2D eigenvalue weighted by Gasteiger charge is 2.32. The minimum Gasteiger partial charge on any atom is -0.324 e. The summed E-state index contributed by atoms with van der Waals surface area (Å²) in [6, 6.07) is 0. The van der Waals surface area contributed by atoms with Gasteiger partial charge < -0.3 is 14.2 Å². The molecule has 0 spiro atoms. The molecule has 0 saturated heterocycles. The molecular weight excluding hydrogens is 144 g/mol. The van der Waals surface area contributed by atoms with Gasteiger partial charge in [0.25, 0.3) is 0 Å². The standard InChI is InChI=1S/C8H14O3/c1-3-9-8(10-4-2)6-5-7-11-8/h5-6H,3-4,7H2,1-2H3. The Morgan fingerprint density at radius 1 is 1.36 bits per heavy atom. The summed E-state index contributed by atoms with van der Waals surface area (Å²) in [4.78, 5) is 0. The smallest absolute Gasteiger partial charge is 0.305 e. The van der Waals surface area contributed by atoms with Gasteiger partial charge in [0, 0.05) is 19.3 Å². The van der Waals surface area contributed by atoms with Crippen molar-refractivity contribution in [2.24, 2.45) is 0 Å². The van der Waals surface area contributed by atoms with Crippen LogP contribution in [0.2, 0.25) is 0 Å². The Morgan fingerprint density at radius 3 is 2.36 bits per heavy atom. The minimum absolute atomic E-state index is 0.569. The van der Waals surface area contributed by atoms with E-state index in [1.807, 2.05) is 19.9 Å². The van der Waals surface area contributed by atoms with Gasteiger partial charge in [-0.3, -0.25) is 0 Å². The van der Waals surface area contributed by atoms with Crippen molar-refractivity contribution in [3.63, 3.8) is 0 Å². The molecule has 0 aliphatic carbocycles. The molecule has 0 aromatic rings. The van der Waals surface area contributed by atoms with Crippen molar-refractivity contribution in [1.82, 2.24) is 0 Å². The largest absolute Gasteiger partial charge is 0.324 e. The summed E-state index contributed by atoms with van der Waals surface area (Å²) in [5.41, 5.74) is 0. The molecule has 0 radical (unpaired) electrons. The van der Waals surface area contributed by atoms with Crippen LogP contribution in [0, 0.1) is 0 Å². The fraction of sp³-hybridized carbons (Fsp3) is 0.750. The maximum Gasteiger partial charge on any atom is 0.305 e. The summed E-state index contributed by atoms with van der Waals surface area (Å²) in [5, 5.41) is 0. The van der Waals surface area contributed by atoms with Crippen LogP contribution < -0.4 is 0 Å². The van der Waals surface area contributed by atoms with Crippen molar-refractivity contribution in [2.45, 2.75) is 19.8 Å². The van der Waals surface area contributed by atoms with Crippen molar-refractivity contribution < 1.29 is 14.2 Å². The van der Waals surface area contributed by atoms with Gasteiger partial charge >= 0.3 is 5.97 Å². The monoisotopic (exact) mass is 158 g/mol. The summed E-state index contributed by atoms with van der Waals surface area (Å²) in [7, 11) is 0. The van der Waals surface area contributed by atoms with Gasteiger partial charge in [0.05, 0.1) is 6.61 Å². The molecule has 3 nitrogen and oxygen atoms in total. The number of hydrogen-bond donors (Lipinski definition) is 0. The molecule has 0 saturated carbocycles. The molecule has 1 rings (SSSR count). The first kappa shape index (κ1) is 8.71. The molecular formula is C8H14O3. The molecule has 0 unspecified atom stereocenters. The van der Waals surface area contributed by atoms with E-state index in [0.29, 0.717) is 19.8 Å². The average Bonchev–Trinajstić information content (AvgIpc) is 2.39. The van der Waals surface area contributed by atoms with E-state index < -0.39 is 5.97 Å². The summed E-state index contributed by atoms with van der Waals surface area (Å²) >= 11 is 0. The molecule has 64 valence electrons. The second-order valence-electron chi connectivity index (χ2n) is 2.18. The lowest BCUT2D eigenvalue weighted by atomic mass is 10.5. The van der Waals surface area contributed by atoms with Crippen LogP contribution in [-0.2, 0) is 14.2 Å². The summed E-state index contributed by atoms with van der Waals surface area (Å²) in [5.74, 6) is -0.885. The van der Waals surface area contributed by atoms with Crippen LogP contribution in [0.3, 0.4) is 0 Å². The van der Waals surface area contributed by atoms with E-state index in [4.69, 9.17) is 14.2 Å². The minimum atomic E-state index is -0.885. The van der Waals surface area contributed by atoms with Gasteiger partial charge in [-0.15, -0.1) is 0 Å². The molecule has 0 aromatic heterocycles. The Balaban J connectivity index is 2.48. The predicted molar refractivity (Wildman–Crippen MR) is 41.1 cm³/mol. The van der Waals surface area contributed by atoms with E-state index in [-0.39, 0.29) is 0 Å². The van der Waals surface area contributed by atoms with Crippen LogP contribution in [0.1, 0.15) is 13.8 Å². The fourth-order valence-electron chi connectivity index (χ4n) is 1.03. The zero-order valence-electron chi connectivity index (χ0n) is 7.00. The molecule has 0 aromatic carbocycles. The maximum absolute atomic E-state index is 5.30. The lowest BCUT2D eigenvalue weighted by molar-refractivity contribution is -0.335. The molecule has 0 N–H and O–H groups in total. The average molecular weight is 158 g/mol. The van der Waals surface area contributed by atoms with Gasteiger partial charge in [-0.2, -0.15) is 0 Å². The second-order valence-corrected chi connectivity index (χ2v) is 2.18. The first-order chi connectivity index (χ1) is 5.33. The molecule has 3 heteroatoms. The highest BCUT2D eigenvalue weighted by molar-refractivity contribution is 4.97. The molecule has 0 atom stereocenters. The quantitative estimate of drug-likeness (QED) is 0.456. The van der Waals surface area contributed by atoms with E-state index in [1.54, 1.807) is 6.08 Å². The van der Waals surface area contributed by atoms with Crippen LogP contribution in [-0.4, -0.2) is 25.8 Å². The first-order valence-corrected chi connectivity index (χ1v) is 3.92. The topological polar surface area (TPSA) is 27.7 Å². The highest BCUT2D eigenvalue weighted by Crippen LogP contribution is 2.21. The molecule has 1 heterocycles. The third kappa shape index (κ3) is 2.02. The van der Waals surface area contributed by atoms with Crippen LogP contribution in [0.25, 0.3) is 0 Å². The lowest BCUT2D eigenvalue weighted by Crippen LogP contribution is -2.34. The van der Waals surface area contributed by atoms with E-state index in [9.17, 15) is 0 Å². The maximum atomic E-state index is 5.30. The molecule has 0 fully saturated rings. The van der Waals surface area contributed by atoms with Crippen LogP contribution in [0.15, 0.2) is 12.2 Å². The third-order valence-electron chi connectivity index (χ3n) is 1.39. The normalized spacial score (nSPS) is 20.9. The van der Waals surface area contributed by atoms with E-state index >= 15 is 0 Å². The van der Waals surface area contributed by atoms with Crippen molar-refractivity contribution in [2.75, 3.05) is 19.8 Å². The molecule has 0 amide bonds. The van der Waals surface area contributed by atoms with Crippen molar-refractivity contribution in [3.8, 4) is 0 Å². The van der Waals surface area contributed by atoms with Gasteiger partial charge in [0.2, 0.25) is 0 Å². The molecule has 11 heavy (non-hydrogen) atoms. The molecule has 1 aliphatic rings. The number of hydrogen-bond acceptors (Lipinski definition) is 3. The lowest BCUT2D eigenvalue weighted by Gasteiger charge is -2.25. The van der Waals surface area contributed by atoms with Crippen LogP contribution in [0.4, 0.5) is 0 Å². The van der Waals surface area contributed by atoms with Gasteiger partial charge in [-0.25, -0.2) is 0 Å². The summed E-state index contributed by atoms with van der Waals surface area (Å²) in [6.45, 7) is 5.57. The Bertz CT molecular complexity index is 136. The van der Waals surface area contributed by atoms with Crippen molar-refractivity contribution in [3.05, 3.63) is 12.2 Å². The zero-order chi connectivity index (χ0) is 8.16. The van der Waals surface area contributed by atoms with Crippen LogP contribution in [0.5, 0.6) is 0 Å². The van der Waals surface area contributed by atoms with Gasteiger partial charge in [0.1, 0.15) is 0 Å². The van der Waals surface area contributed by atoms with Gasteiger partial charge in [-0.05, 0) is 13.8 Å². The van der Waals surface area contributed by atoms with E-state index in [0.717, 1.165) is 0 Å². The first-order valence-electron chi connectivity index (χ1n) is 3.92. The molecule has 0 bridgehead atoms. The Labute approximate surface area is 66.9 Å². The zero-order valence-corrected chi connectivity index (χ0v) is 7.00. The Hall–Kier alpha value is -0.380. The van der Waals surface area contributed by atoms with E-state index in [2.05, 4.69) is 0 Å².